The van der Waals surface area contributed by atoms with Crippen molar-refractivity contribution < 1.29 is 4.79 Å². The molecule has 74 valence electrons. The van der Waals surface area contributed by atoms with Crippen LogP contribution in [-0.4, -0.2) is 23.9 Å². The second-order valence-corrected chi connectivity index (χ2v) is 4.89. The Morgan fingerprint density at radius 1 is 1.38 bits per heavy atom. The Kier molecular flexibility index (Phi) is 2.09. The Balaban J connectivity index is 1.92. The van der Waals surface area contributed by atoms with E-state index in [-0.39, 0.29) is 0 Å². The summed E-state index contributed by atoms with van der Waals surface area (Å²) in [5.74, 6) is 2.75. The molecule has 1 heterocycles. The molecular formula is C11H19NO. The van der Waals surface area contributed by atoms with E-state index in [1.807, 2.05) is 4.90 Å². The van der Waals surface area contributed by atoms with Gasteiger partial charge in [-0.1, -0.05) is 20.8 Å². The maximum Gasteiger partial charge on any atom is 0.226 e. The molecule has 3 atom stereocenters. The highest BCUT2D eigenvalue weighted by Gasteiger charge is 2.54. The minimum Gasteiger partial charge on any atom is -0.342 e. The monoisotopic (exact) mass is 181 g/mol. The highest BCUT2D eigenvalue weighted by Crippen LogP contribution is 2.51. The van der Waals surface area contributed by atoms with Crippen LogP contribution in [0, 0.1) is 23.7 Å². The van der Waals surface area contributed by atoms with E-state index in [1.54, 1.807) is 0 Å². The smallest absolute Gasteiger partial charge is 0.226 e. The molecule has 0 aromatic heterocycles. The summed E-state index contributed by atoms with van der Waals surface area (Å²) in [7, 11) is 0. The summed E-state index contributed by atoms with van der Waals surface area (Å²) in [6.45, 7) is 8.68. The molecule has 2 rings (SSSR count). The van der Waals surface area contributed by atoms with Crippen molar-refractivity contribution in [2.45, 2.75) is 27.2 Å². The summed E-state index contributed by atoms with van der Waals surface area (Å²) >= 11 is 0. The lowest BCUT2D eigenvalue weighted by molar-refractivity contribution is -0.136. The summed E-state index contributed by atoms with van der Waals surface area (Å²) in [6, 6.07) is 0. The molecule has 0 bridgehead atoms. The van der Waals surface area contributed by atoms with Gasteiger partial charge in [-0.3, -0.25) is 4.79 Å². The molecule has 0 N–H and O–H groups in total. The van der Waals surface area contributed by atoms with E-state index < -0.39 is 0 Å². The molecule has 0 aromatic carbocycles. The normalized spacial score (nSPS) is 37.5. The van der Waals surface area contributed by atoms with E-state index >= 15 is 0 Å². The zero-order valence-electron chi connectivity index (χ0n) is 8.79. The van der Waals surface area contributed by atoms with Crippen LogP contribution in [0.5, 0.6) is 0 Å². The first-order valence-corrected chi connectivity index (χ1v) is 5.41. The third kappa shape index (κ3) is 1.36. The third-order valence-electron chi connectivity index (χ3n) is 3.67. The Labute approximate surface area is 80.3 Å². The lowest BCUT2D eigenvalue weighted by Crippen LogP contribution is -2.43. The highest BCUT2D eigenvalue weighted by molar-refractivity contribution is 5.82. The zero-order chi connectivity index (χ0) is 9.59. The van der Waals surface area contributed by atoms with Gasteiger partial charge in [0.25, 0.3) is 0 Å². The van der Waals surface area contributed by atoms with Crippen molar-refractivity contribution in [1.82, 2.24) is 4.90 Å². The van der Waals surface area contributed by atoms with Gasteiger partial charge in [0.05, 0.1) is 0 Å². The summed E-state index contributed by atoms with van der Waals surface area (Å²) < 4.78 is 0. The van der Waals surface area contributed by atoms with Crippen molar-refractivity contribution in [2.75, 3.05) is 13.1 Å². The second-order valence-electron chi connectivity index (χ2n) is 4.89. The highest BCUT2D eigenvalue weighted by atomic mass is 16.2. The second kappa shape index (κ2) is 3.00. The predicted molar refractivity (Wildman–Crippen MR) is 52.2 cm³/mol. The molecule has 1 amide bonds. The first-order valence-electron chi connectivity index (χ1n) is 5.41. The number of likely N-dealkylation sites (tertiary alicyclic amines) is 1. The molecule has 1 saturated carbocycles. The fraction of sp³-hybridized carbons (Fsp3) is 0.909. The van der Waals surface area contributed by atoms with Crippen molar-refractivity contribution >= 4 is 5.91 Å². The van der Waals surface area contributed by atoms with Crippen molar-refractivity contribution in [3.8, 4) is 0 Å². The first-order chi connectivity index (χ1) is 6.13. The fourth-order valence-corrected chi connectivity index (χ4v) is 2.65. The molecule has 1 aliphatic carbocycles. The maximum absolute atomic E-state index is 11.8. The minimum absolute atomic E-state index is 0.361. The van der Waals surface area contributed by atoms with Gasteiger partial charge in [-0.2, -0.15) is 0 Å². The Bertz CT molecular complexity index is 220. The van der Waals surface area contributed by atoms with Crippen LogP contribution in [-0.2, 0) is 4.79 Å². The van der Waals surface area contributed by atoms with Gasteiger partial charge in [0.2, 0.25) is 5.91 Å². The summed E-state index contributed by atoms with van der Waals surface area (Å²) in [6.07, 6.45) is 1.21. The lowest BCUT2D eigenvalue weighted by atomic mass is 10.1. The molecule has 1 saturated heterocycles. The van der Waals surface area contributed by atoms with Gasteiger partial charge in [0, 0.05) is 19.0 Å². The average Bonchev–Trinajstić information content (AvgIpc) is 2.57. The van der Waals surface area contributed by atoms with Crippen LogP contribution in [0.4, 0.5) is 0 Å². The third-order valence-corrected chi connectivity index (χ3v) is 3.67. The van der Waals surface area contributed by atoms with Crippen LogP contribution in [0.15, 0.2) is 0 Å². The van der Waals surface area contributed by atoms with Gasteiger partial charge in [-0.25, -0.2) is 0 Å². The van der Waals surface area contributed by atoms with E-state index in [4.69, 9.17) is 0 Å². The van der Waals surface area contributed by atoms with Gasteiger partial charge in [-0.15, -0.1) is 0 Å². The molecule has 2 heteroatoms. The molecule has 2 aliphatic rings. The van der Waals surface area contributed by atoms with E-state index in [1.165, 1.54) is 6.42 Å². The van der Waals surface area contributed by atoms with Gasteiger partial charge < -0.3 is 4.90 Å². The molecule has 2 fully saturated rings. The van der Waals surface area contributed by atoms with Crippen LogP contribution >= 0.6 is 0 Å². The minimum atomic E-state index is 0.361. The van der Waals surface area contributed by atoms with Gasteiger partial charge >= 0.3 is 0 Å². The number of hydrogen-bond acceptors (Lipinski definition) is 1. The molecule has 0 aromatic rings. The molecule has 1 aliphatic heterocycles. The number of hydrogen-bond donors (Lipinski definition) is 0. The number of rotatable bonds is 2. The Morgan fingerprint density at radius 3 is 2.31 bits per heavy atom. The SMILES string of the molecule is CC(C)C1C(C)C1C(=O)N1CCC1. The number of nitrogens with zero attached hydrogens (tertiary/aromatic N) is 1. The van der Waals surface area contributed by atoms with Crippen LogP contribution in [0.1, 0.15) is 27.2 Å². The molecule has 2 nitrogen and oxygen atoms in total. The van der Waals surface area contributed by atoms with E-state index in [2.05, 4.69) is 20.8 Å². The van der Waals surface area contributed by atoms with Gasteiger partial charge in [0.1, 0.15) is 0 Å². The fourth-order valence-electron chi connectivity index (χ4n) is 2.65. The van der Waals surface area contributed by atoms with Crippen molar-refractivity contribution in [3.63, 3.8) is 0 Å². The quantitative estimate of drug-likeness (QED) is 0.635. The maximum atomic E-state index is 11.8. The van der Waals surface area contributed by atoms with Crippen LogP contribution < -0.4 is 0 Å². The molecule has 3 unspecified atom stereocenters. The van der Waals surface area contributed by atoms with E-state index in [0.29, 0.717) is 29.6 Å². The summed E-state index contributed by atoms with van der Waals surface area (Å²) in [4.78, 5) is 13.9. The van der Waals surface area contributed by atoms with E-state index in [0.717, 1.165) is 13.1 Å². The van der Waals surface area contributed by atoms with Crippen molar-refractivity contribution in [3.05, 3.63) is 0 Å². The predicted octanol–water partition coefficient (Wildman–Crippen LogP) is 1.76. The largest absolute Gasteiger partial charge is 0.342 e. The number of carbonyl (C=O) groups is 1. The number of carbonyl (C=O) groups excluding carboxylic acids is 1. The molecule has 13 heavy (non-hydrogen) atoms. The topological polar surface area (TPSA) is 20.3 Å². The summed E-state index contributed by atoms with van der Waals surface area (Å²) in [5.41, 5.74) is 0. The van der Waals surface area contributed by atoms with Crippen molar-refractivity contribution in [1.29, 1.82) is 0 Å². The van der Waals surface area contributed by atoms with E-state index in [9.17, 15) is 4.79 Å². The van der Waals surface area contributed by atoms with Crippen molar-refractivity contribution in [2.24, 2.45) is 23.7 Å². The number of amides is 1. The molecule has 0 radical (unpaired) electrons. The molecule has 0 spiro atoms. The van der Waals surface area contributed by atoms with Gasteiger partial charge in [-0.05, 0) is 24.2 Å². The zero-order valence-corrected chi connectivity index (χ0v) is 8.79. The van der Waals surface area contributed by atoms with Gasteiger partial charge in [0.15, 0.2) is 0 Å². The standard InChI is InChI=1S/C11H19NO/c1-7(2)9-8(3)10(9)11(13)12-5-4-6-12/h7-10H,4-6H2,1-3H3. The first kappa shape index (κ1) is 9.04. The Morgan fingerprint density at radius 2 is 2.00 bits per heavy atom. The van der Waals surface area contributed by atoms with Crippen LogP contribution in [0.25, 0.3) is 0 Å². The summed E-state index contributed by atoms with van der Waals surface area (Å²) in [5, 5.41) is 0. The Hall–Kier alpha value is -0.530. The lowest BCUT2D eigenvalue weighted by Gasteiger charge is -2.31. The van der Waals surface area contributed by atoms with Crippen LogP contribution in [0.3, 0.4) is 0 Å². The average molecular weight is 181 g/mol. The molecular weight excluding hydrogens is 162 g/mol. The van der Waals surface area contributed by atoms with Crippen LogP contribution in [0.2, 0.25) is 0 Å².